The van der Waals surface area contributed by atoms with Crippen molar-refractivity contribution < 1.29 is 13.9 Å². The quantitative estimate of drug-likeness (QED) is 0.819. The van der Waals surface area contributed by atoms with Gasteiger partial charge in [0.25, 0.3) is 0 Å². The van der Waals surface area contributed by atoms with Gasteiger partial charge >= 0.3 is 0 Å². The smallest absolute Gasteiger partial charge is 0.227 e. The lowest BCUT2D eigenvalue weighted by Gasteiger charge is -2.28. The molecule has 0 bridgehead atoms. The topological polar surface area (TPSA) is 50.7 Å². The first-order valence-corrected chi connectivity index (χ1v) is 8.83. The molecule has 2 aliphatic heterocycles. The first-order chi connectivity index (χ1) is 11.6. The molecule has 3 heterocycles. The third-order valence-electron chi connectivity index (χ3n) is 5.37. The van der Waals surface area contributed by atoms with E-state index in [0.29, 0.717) is 30.7 Å². The zero-order valence-corrected chi connectivity index (χ0v) is 14.4. The lowest BCUT2D eigenvalue weighted by Crippen LogP contribution is -2.36. The predicted molar refractivity (Wildman–Crippen MR) is 89.2 cm³/mol. The molecule has 1 aromatic heterocycles. The fourth-order valence-corrected chi connectivity index (χ4v) is 3.45. The summed E-state index contributed by atoms with van der Waals surface area (Å²) >= 11 is 0. The molecular formula is C17H25FN4O2. The summed E-state index contributed by atoms with van der Waals surface area (Å²) < 4.78 is 26.0. The number of rotatable bonds is 5. The summed E-state index contributed by atoms with van der Waals surface area (Å²) in [5.41, 5.74) is 0.575. The van der Waals surface area contributed by atoms with Crippen LogP contribution in [-0.4, -0.2) is 62.6 Å². The van der Waals surface area contributed by atoms with E-state index in [1.165, 1.54) is 0 Å². The van der Waals surface area contributed by atoms with E-state index < -0.39 is 0 Å². The molecule has 7 heteroatoms. The van der Waals surface area contributed by atoms with E-state index in [-0.39, 0.29) is 23.8 Å². The first kappa shape index (κ1) is 16.0. The molecule has 3 fully saturated rings. The van der Waals surface area contributed by atoms with Gasteiger partial charge in [-0.25, -0.2) is 9.37 Å². The van der Waals surface area contributed by atoms with E-state index in [1.54, 1.807) is 0 Å². The second-order valence-corrected chi connectivity index (χ2v) is 7.08. The van der Waals surface area contributed by atoms with Crippen LogP contribution in [-0.2, 0) is 9.47 Å². The summed E-state index contributed by atoms with van der Waals surface area (Å²) in [7, 11) is 3.88. The van der Waals surface area contributed by atoms with E-state index in [0.717, 1.165) is 38.9 Å². The zero-order chi connectivity index (χ0) is 16.7. The van der Waals surface area contributed by atoms with Crippen LogP contribution in [0.4, 0.5) is 16.2 Å². The lowest BCUT2D eigenvalue weighted by atomic mass is 10.2. The average Bonchev–Trinajstić information content (AvgIpc) is 3.06. The molecule has 4 rings (SSSR count). The number of ether oxygens (including phenoxy) is 2. The third-order valence-corrected chi connectivity index (χ3v) is 5.37. The Hall–Kier alpha value is -1.47. The van der Waals surface area contributed by atoms with Gasteiger partial charge in [-0.3, -0.25) is 0 Å². The van der Waals surface area contributed by atoms with Crippen LogP contribution in [0.5, 0.6) is 0 Å². The molecular weight excluding hydrogens is 311 g/mol. The van der Waals surface area contributed by atoms with Crippen molar-refractivity contribution in [3.8, 4) is 0 Å². The van der Waals surface area contributed by atoms with Crippen molar-refractivity contribution in [2.75, 3.05) is 50.3 Å². The maximum atomic E-state index is 15.0. The highest BCUT2D eigenvalue weighted by atomic mass is 19.1. The summed E-state index contributed by atoms with van der Waals surface area (Å²) in [6.45, 7) is 2.79. The van der Waals surface area contributed by atoms with Crippen molar-refractivity contribution in [1.29, 1.82) is 0 Å². The van der Waals surface area contributed by atoms with Gasteiger partial charge < -0.3 is 19.3 Å². The Morgan fingerprint density at radius 2 is 1.54 bits per heavy atom. The number of anilines is 2. The molecule has 1 aromatic rings. The SMILES string of the molecule is CN(c1nc(C2CC2)c(F)c(N(C)C2CCOC2)n1)C1CCOC1. The van der Waals surface area contributed by atoms with E-state index in [1.807, 2.05) is 23.9 Å². The molecule has 1 aliphatic carbocycles. The molecule has 3 aliphatic rings. The van der Waals surface area contributed by atoms with Crippen LogP contribution in [0.1, 0.15) is 37.3 Å². The number of aromatic nitrogens is 2. The van der Waals surface area contributed by atoms with Crippen LogP contribution >= 0.6 is 0 Å². The minimum Gasteiger partial charge on any atom is -0.379 e. The van der Waals surface area contributed by atoms with Crippen LogP contribution in [0.3, 0.4) is 0 Å². The van der Waals surface area contributed by atoms with Gasteiger partial charge in [0.2, 0.25) is 5.95 Å². The van der Waals surface area contributed by atoms with Gasteiger partial charge in [-0.2, -0.15) is 4.98 Å². The predicted octanol–water partition coefficient (Wildman–Crippen LogP) is 1.94. The van der Waals surface area contributed by atoms with Crippen molar-refractivity contribution in [2.45, 2.75) is 43.7 Å². The molecule has 6 nitrogen and oxygen atoms in total. The maximum absolute atomic E-state index is 15.0. The second kappa shape index (κ2) is 6.44. The minimum absolute atomic E-state index is 0.175. The molecule has 132 valence electrons. The number of hydrogen-bond acceptors (Lipinski definition) is 6. The maximum Gasteiger partial charge on any atom is 0.227 e. The third kappa shape index (κ3) is 2.95. The molecule has 0 amide bonds. The van der Waals surface area contributed by atoms with Gasteiger partial charge in [0.05, 0.1) is 31.0 Å². The Labute approximate surface area is 142 Å². The number of nitrogens with zero attached hydrogens (tertiary/aromatic N) is 4. The Bertz CT molecular complexity index is 598. The lowest BCUT2D eigenvalue weighted by molar-refractivity contribution is 0.193. The van der Waals surface area contributed by atoms with Gasteiger partial charge in [-0.05, 0) is 25.7 Å². The molecule has 24 heavy (non-hydrogen) atoms. The van der Waals surface area contributed by atoms with Gasteiger partial charge in [0.1, 0.15) is 0 Å². The highest BCUT2D eigenvalue weighted by molar-refractivity contribution is 5.49. The van der Waals surface area contributed by atoms with E-state index >= 15 is 4.39 Å². The Kier molecular flexibility index (Phi) is 4.30. The summed E-state index contributed by atoms with van der Waals surface area (Å²) in [4.78, 5) is 13.1. The summed E-state index contributed by atoms with van der Waals surface area (Å²) in [6, 6.07) is 0.435. The van der Waals surface area contributed by atoms with E-state index in [9.17, 15) is 0 Å². The summed E-state index contributed by atoms with van der Waals surface area (Å²) in [6.07, 6.45) is 3.89. The van der Waals surface area contributed by atoms with Crippen LogP contribution in [0, 0.1) is 5.82 Å². The van der Waals surface area contributed by atoms with E-state index in [2.05, 4.69) is 9.97 Å². The largest absolute Gasteiger partial charge is 0.379 e. The molecule has 2 saturated heterocycles. The van der Waals surface area contributed by atoms with Crippen molar-refractivity contribution in [3.63, 3.8) is 0 Å². The molecule has 0 N–H and O–H groups in total. The van der Waals surface area contributed by atoms with Crippen molar-refractivity contribution >= 4 is 11.8 Å². The first-order valence-electron chi connectivity index (χ1n) is 8.83. The fraction of sp³-hybridized carbons (Fsp3) is 0.765. The van der Waals surface area contributed by atoms with Gasteiger partial charge in [-0.15, -0.1) is 0 Å². The van der Waals surface area contributed by atoms with Gasteiger partial charge in [-0.1, -0.05) is 0 Å². The second-order valence-electron chi connectivity index (χ2n) is 7.08. The molecule has 2 atom stereocenters. The van der Waals surface area contributed by atoms with Crippen molar-refractivity contribution in [1.82, 2.24) is 9.97 Å². The average molecular weight is 336 g/mol. The van der Waals surface area contributed by atoms with Crippen molar-refractivity contribution in [2.24, 2.45) is 0 Å². The molecule has 0 spiro atoms. The Morgan fingerprint density at radius 1 is 0.917 bits per heavy atom. The number of hydrogen-bond donors (Lipinski definition) is 0. The number of likely N-dealkylation sites (N-methyl/N-ethyl adjacent to an activating group) is 2. The zero-order valence-electron chi connectivity index (χ0n) is 14.4. The molecule has 1 saturated carbocycles. The van der Waals surface area contributed by atoms with Crippen LogP contribution in [0.25, 0.3) is 0 Å². The Balaban J connectivity index is 1.68. The summed E-state index contributed by atoms with van der Waals surface area (Å²) in [5, 5.41) is 0. The number of halogens is 1. The highest BCUT2D eigenvalue weighted by Gasteiger charge is 2.34. The standard InChI is InChI=1S/C17H25FN4O2/c1-21(12-5-7-23-9-12)16-14(18)15(11-3-4-11)19-17(20-16)22(2)13-6-8-24-10-13/h11-13H,3-10H2,1-2H3. The summed E-state index contributed by atoms with van der Waals surface area (Å²) in [5.74, 6) is 0.997. The molecule has 0 radical (unpaired) electrons. The monoisotopic (exact) mass is 336 g/mol. The molecule has 0 aromatic carbocycles. The van der Waals surface area contributed by atoms with Crippen molar-refractivity contribution in [3.05, 3.63) is 11.5 Å². The Morgan fingerprint density at radius 3 is 2.08 bits per heavy atom. The van der Waals surface area contributed by atoms with Gasteiger partial charge in [0.15, 0.2) is 11.6 Å². The fourth-order valence-electron chi connectivity index (χ4n) is 3.45. The van der Waals surface area contributed by atoms with E-state index in [4.69, 9.17) is 9.47 Å². The minimum atomic E-state index is -0.258. The van der Waals surface area contributed by atoms with Crippen LogP contribution in [0.15, 0.2) is 0 Å². The normalized spacial score (nSPS) is 26.8. The molecule has 2 unspecified atom stereocenters. The van der Waals surface area contributed by atoms with Crippen LogP contribution in [0.2, 0.25) is 0 Å². The van der Waals surface area contributed by atoms with Gasteiger partial charge in [0, 0.05) is 33.2 Å². The van der Waals surface area contributed by atoms with Crippen LogP contribution < -0.4 is 9.80 Å². The highest BCUT2D eigenvalue weighted by Crippen LogP contribution is 2.42.